The molecule has 0 radical (unpaired) electrons. The molecule has 2 heterocycles. The number of amidine groups is 1. The smallest absolute Gasteiger partial charge is 0.370 e. The molecule has 1 unspecified atom stereocenters. The second kappa shape index (κ2) is 11.2. The first-order valence-corrected chi connectivity index (χ1v) is 11.9. The molecule has 9 heteroatoms. The SMILES string of the molecule is C=CNC1=NC=C/C1=C(/C=C)N1CCCC(c2cc(NC(=O)Nc3ccccc3)cc(C(F)(F)F)c2)C1. The van der Waals surface area contributed by atoms with Gasteiger partial charge in [-0.2, -0.15) is 13.2 Å². The highest BCUT2D eigenvalue weighted by Crippen LogP contribution is 2.37. The van der Waals surface area contributed by atoms with E-state index in [4.69, 9.17) is 0 Å². The van der Waals surface area contributed by atoms with Gasteiger partial charge in [0.1, 0.15) is 5.84 Å². The molecule has 37 heavy (non-hydrogen) atoms. The molecule has 0 bridgehead atoms. The highest BCUT2D eigenvalue weighted by molar-refractivity contribution is 6.04. The van der Waals surface area contributed by atoms with Crippen molar-refractivity contribution in [2.24, 2.45) is 4.99 Å². The summed E-state index contributed by atoms with van der Waals surface area (Å²) in [5.74, 6) is 0.462. The van der Waals surface area contributed by atoms with Crippen molar-refractivity contribution in [3.63, 3.8) is 0 Å². The van der Waals surface area contributed by atoms with Crippen LogP contribution < -0.4 is 16.0 Å². The molecule has 2 aliphatic rings. The number of nitrogens with zero attached hydrogens (tertiary/aromatic N) is 2. The summed E-state index contributed by atoms with van der Waals surface area (Å²) in [6.45, 7) is 8.87. The Bertz CT molecular complexity index is 1260. The fraction of sp³-hybridized carbons (Fsp3) is 0.214. The number of rotatable bonds is 6. The predicted molar refractivity (Wildman–Crippen MR) is 141 cm³/mol. The molecule has 1 saturated heterocycles. The van der Waals surface area contributed by atoms with Crippen molar-refractivity contribution >= 4 is 23.2 Å². The van der Waals surface area contributed by atoms with Gasteiger partial charge in [0.25, 0.3) is 0 Å². The van der Waals surface area contributed by atoms with Gasteiger partial charge < -0.3 is 20.9 Å². The van der Waals surface area contributed by atoms with Gasteiger partial charge in [0.15, 0.2) is 0 Å². The number of amides is 2. The monoisotopic (exact) mass is 507 g/mol. The van der Waals surface area contributed by atoms with Crippen molar-refractivity contribution in [3.05, 3.63) is 109 Å². The van der Waals surface area contributed by atoms with E-state index in [2.05, 4.69) is 39.0 Å². The second-order valence-electron chi connectivity index (χ2n) is 8.72. The van der Waals surface area contributed by atoms with E-state index >= 15 is 0 Å². The predicted octanol–water partition coefficient (Wildman–Crippen LogP) is 6.63. The van der Waals surface area contributed by atoms with Crippen LogP contribution in [0.25, 0.3) is 0 Å². The third-order valence-corrected chi connectivity index (χ3v) is 6.21. The molecule has 3 N–H and O–H groups in total. The first-order chi connectivity index (χ1) is 17.8. The van der Waals surface area contributed by atoms with E-state index in [1.807, 2.05) is 6.08 Å². The number of urea groups is 1. The van der Waals surface area contributed by atoms with Gasteiger partial charge in [-0.05, 0) is 67.1 Å². The number of para-hydroxylation sites is 1. The molecule has 2 aromatic carbocycles. The Balaban J connectivity index is 1.59. The molecule has 0 aromatic heterocycles. The van der Waals surface area contributed by atoms with Crippen LogP contribution in [0.4, 0.5) is 29.3 Å². The standard InChI is InChI=1S/C28H28F3N5O/c1-3-25(24-12-13-33-26(24)32-4-2)36-14-8-9-19(18-36)20-15-21(28(29,30)31)17-23(16-20)35-27(37)34-22-10-6-5-7-11-22/h3-7,10-13,15-17,19H,1-2,8-9,14,18H2,(H,32,33)(H2,34,35,37)/b25-24+. The summed E-state index contributed by atoms with van der Waals surface area (Å²) in [6, 6.07) is 11.8. The van der Waals surface area contributed by atoms with Crippen molar-refractivity contribution in [1.29, 1.82) is 0 Å². The Morgan fingerprint density at radius 3 is 2.54 bits per heavy atom. The highest BCUT2D eigenvalue weighted by Gasteiger charge is 2.33. The number of likely N-dealkylation sites (tertiary alicyclic amines) is 1. The van der Waals surface area contributed by atoms with Crippen molar-refractivity contribution < 1.29 is 18.0 Å². The lowest BCUT2D eigenvalue weighted by Crippen LogP contribution is -2.35. The maximum absolute atomic E-state index is 13.8. The molecule has 2 amide bonds. The van der Waals surface area contributed by atoms with Crippen LogP contribution in [0.15, 0.2) is 103 Å². The number of halogens is 3. The zero-order valence-electron chi connectivity index (χ0n) is 20.2. The average molecular weight is 508 g/mol. The molecule has 2 aromatic rings. The van der Waals surface area contributed by atoms with Gasteiger partial charge in [-0.15, -0.1) is 0 Å². The lowest BCUT2D eigenvalue weighted by atomic mass is 9.88. The normalized spacial score (nSPS) is 18.6. The lowest BCUT2D eigenvalue weighted by Gasteiger charge is -2.36. The number of allylic oxidation sites excluding steroid dienone is 1. The summed E-state index contributed by atoms with van der Waals surface area (Å²) < 4.78 is 41.4. The van der Waals surface area contributed by atoms with Crippen molar-refractivity contribution in [3.8, 4) is 0 Å². The van der Waals surface area contributed by atoms with E-state index in [-0.39, 0.29) is 11.6 Å². The number of carbonyl (C=O) groups is 1. The maximum atomic E-state index is 13.8. The summed E-state index contributed by atoms with van der Waals surface area (Å²) in [5.41, 5.74) is 2.03. The van der Waals surface area contributed by atoms with Crippen LogP contribution in [0.5, 0.6) is 0 Å². The summed E-state index contributed by atoms with van der Waals surface area (Å²) in [6.07, 6.45) is 3.77. The molecule has 0 spiro atoms. The van der Waals surface area contributed by atoms with E-state index in [1.54, 1.807) is 48.7 Å². The number of nitrogens with one attached hydrogen (secondary N) is 3. The molecule has 1 fully saturated rings. The van der Waals surface area contributed by atoms with Gasteiger partial charge in [-0.3, -0.25) is 0 Å². The molecular formula is C28H28F3N5O. The van der Waals surface area contributed by atoms with Crippen LogP contribution >= 0.6 is 0 Å². The first kappa shape index (κ1) is 25.8. The van der Waals surface area contributed by atoms with Gasteiger partial charge in [0, 0.05) is 47.9 Å². The number of piperidine rings is 1. The molecule has 0 saturated carbocycles. The molecule has 2 aliphatic heterocycles. The van der Waals surface area contributed by atoms with Crippen molar-refractivity contribution in [2.45, 2.75) is 24.9 Å². The summed E-state index contributed by atoms with van der Waals surface area (Å²) in [4.78, 5) is 18.9. The zero-order valence-corrected chi connectivity index (χ0v) is 20.2. The number of anilines is 2. The topological polar surface area (TPSA) is 68.8 Å². The largest absolute Gasteiger partial charge is 0.416 e. The van der Waals surface area contributed by atoms with Crippen molar-refractivity contribution in [2.75, 3.05) is 23.7 Å². The average Bonchev–Trinajstić information content (AvgIpc) is 3.32. The van der Waals surface area contributed by atoms with Gasteiger partial charge in [-0.1, -0.05) is 31.4 Å². The lowest BCUT2D eigenvalue weighted by molar-refractivity contribution is -0.137. The Kier molecular flexibility index (Phi) is 7.81. The molecule has 192 valence electrons. The summed E-state index contributed by atoms with van der Waals surface area (Å²) in [5, 5.41) is 8.20. The van der Waals surface area contributed by atoms with Crippen LogP contribution in [-0.2, 0) is 6.18 Å². The number of benzene rings is 2. The number of aliphatic imine (C=N–C) groups is 1. The van der Waals surface area contributed by atoms with Crippen LogP contribution in [0, 0.1) is 0 Å². The molecule has 6 nitrogen and oxygen atoms in total. The fourth-order valence-corrected chi connectivity index (χ4v) is 4.57. The Morgan fingerprint density at radius 2 is 1.84 bits per heavy atom. The zero-order chi connectivity index (χ0) is 26.4. The quantitative estimate of drug-likeness (QED) is 0.411. The van der Waals surface area contributed by atoms with Crippen LogP contribution in [0.2, 0.25) is 0 Å². The van der Waals surface area contributed by atoms with E-state index < -0.39 is 17.8 Å². The molecular weight excluding hydrogens is 479 g/mol. The first-order valence-electron chi connectivity index (χ1n) is 11.9. The third kappa shape index (κ3) is 6.30. The molecule has 4 rings (SSSR count). The van der Waals surface area contributed by atoms with E-state index in [1.165, 1.54) is 12.3 Å². The van der Waals surface area contributed by atoms with Crippen LogP contribution in [0.1, 0.15) is 29.9 Å². The number of carbonyl (C=O) groups excluding carboxylic acids is 1. The minimum atomic E-state index is -4.55. The molecule has 1 atom stereocenters. The number of hydrogen-bond acceptors (Lipinski definition) is 4. The Morgan fingerprint density at radius 1 is 1.08 bits per heavy atom. The van der Waals surface area contributed by atoms with E-state index in [0.717, 1.165) is 36.7 Å². The summed E-state index contributed by atoms with van der Waals surface area (Å²) in [7, 11) is 0. The van der Waals surface area contributed by atoms with Crippen LogP contribution in [0.3, 0.4) is 0 Å². The minimum Gasteiger partial charge on any atom is -0.370 e. The Labute approximate surface area is 214 Å². The maximum Gasteiger partial charge on any atom is 0.416 e. The molecule has 0 aliphatic carbocycles. The van der Waals surface area contributed by atoms with Gasteiger partial charge >= 0.3 is 12.2 Å². The van der Waals surface area contributed by atoms with E-state index in [0.29, 0.717) is 23.6 Å². The summed E-state index contributed by atoms with van der Waals surface area (Å²) >= 11 is 0. The fourth-order valence-electron chi connectivity index (χ4n) is 4.57. The van der Waals surface area contributed by atoms with E-state index in [9.17, 15) is 18.0 Å². The number of alkyl halides is 3. The third-order valence-electron chi connectivity index (χ3n) is 6.21. The Hall–Kier alpha value is -4.27. The van der Waals surface area contributed by atoms with Gasteiger partial charge in [0.2, 0.25) is 0 Å². The van der Waals surface area contributed by atoms with Crippen molar-refractivity contribution in [1.82, 2.24) is 10.2 Å². The van der Waals surface area contributed by atoms with Gasteiger partial charge in [0.05, 0.1) is 5.56 Å². The van der Waals surface area contributed by atoms with Gasteiger partial charge in [-0.25, -0.2) is 9.79 Å². The number of hydrogen-bond donors (Lipinski definition) is 3. The second-order valence-corrected chi connectivity index (χ2v) is 8.72. The van der Waals surface area contributed by atoms with Crippen LogP contribution in [-0.4, -0.2) is 29.9 Å². The minimum absolute atomic E-state index is 0.0843. The highest BCUT2D eigenvalue weighted by atomic mass is 19.4.